The van der Waals surface area contributed by atoms with E-state index in [0.717, 1.165) is 11.3 Å². The van der Waals surface area contributed by atoms with Crippen LogP contribution in [0.25, 0.3) is 0 Å². The molecule has 2 rings (SSSR count). The van der Waals surface area contributed by atoms with Crippen molar-refractivity contribution in [2.75, 3.05) is 0 Å². The van der Waals surface area contributed by atoms with Gasteiger partial charge in [0.1, 0.15) is 23.0 Å². The normalized spacial score (nSPS) is 11.9. The number of hydrogen-bond acceptors (Lipinski definition) is 6. The van der Waals surface area contributed by atoms with Gasteiger partial charge in [0.2, 0.25) is 10.0 Å². The van der Waals surface area contributed by atoms with Gasteiger partial charge in [-0.05, 0) is 6.92 Å². The summed E-state index contributed by atoms with van der Waals surface area (Å²) in [7, 11) is -3.74. The van der Waals surface area contributed by atoms with E-state index >= 15 is 0 Å². The SMILES string of the molecule is Cc1oc(CO)cc1S(=O)(=O)NCc1csc(=O)[nH]1. The van der Waals surface area contributed by atoms with Crippen LogP contribution in [0.5, 0.6) is 0 Å². The van der Waals surface area contributed by atoms with Gasteiger partial charge in [-0.25, -0.2) is 13.1 Å². The summed E-state index contributed by atoms with van der Waals surface area (Å²) in [4.78, 5) is 13.2. The van der Waals surface area contributed by atoms with Crippen molar-refractivity contribution in [3.63, 3.8) is 0 Å². The van der Waals surface area contributed by atoms with Gasteiger partial charge in [-0.2, -0.15) is 0 Å². The van der Waals surface area contributed by atoms with Gasteiger partial charge < -0.3 is 14.5 Å². The third-order valence-electron chi connectivity index (χ3n) is 2.39. The molecule has 0 saturated heterocycles. The first-order valence-corrected chi connectivity index (χ1v) is 7.65. The molecule has 7 nitrogen and oxygen atoms in total. The highest BCUT2D eigenvalue weighted by Crippen LogP contribution is 2.20. The van der Waals surface area contributed by atoms with E-state index in [1.165, 1.54) is 13.0 Å². The number of nitrogens with one attached hydrogen (secondary N) is 2. The van der Waals surface area contributed by atoms with E-state index in [2.05, 4.69) is 9.71 Å². The molecule has 0 atom stereocenters. The van der Waals surface area contributed by atoms with Gasteiger partial charge in [-0.15, -0.1) is 0 Å². The molecule has 0 saturated carbocycles. The highest BCUT2D eigenvalue weighted by atomic mass is 32.2. The minimum Gasteiger partial charge on any atom is -0.462 e. The number of thiazole rings is 1. The van der Waals surface area contributed by atoms with E-state index in [1.54, 1.807) is 5.38 Å². The predicted molar refractivity (Wildman–Crippen MR) is 68.3 cm³/mol. The smallest absolute Gasteiger partial charge is 0.304 e. The number of aromatic nitrogens is 1. The molecule has 3 N–H and O–H groups in total. The molecule has 0 unspecified atom stereocenters. The molecule has 0 aliphatic heterocycles. The minimum atomic E-state index is -3.74. The summed E-state index contributed by atoms with van der Waals surface area (Å²) in [5, 5.41) is 10.5. The third kappa shape index (κ3) is 3.13. The summed E-state index contributed by atoms with van der Waals surface area (Å²) in [5.41, 5.74) is 0.488. The van der Waals surface area contributed by atoms with Crippen molar-refractivity contribution in [2.24, 2.45) is 0 Å². The zero-order valence-electron chi connectivity index (χ0n) is 9.97. The first-order chi connectivity index (χ1) is 8.92. The lowest BCUT2D eigenvalue weighted by Gasteiger charge is -2.03. The van der Waals surface area contributed by atoms with Crippen molar-refractivity contribution in [3.05, 3.63) is 38.3 Å². The van der Waals surface area contributed by atoms with Crippen LogP contribution in [-0.2, 0) is 23.2 Å². The fourth-order valence-corrected chi connectivity index (χ4v) is 3.31. The zero-order chi connectivity index (χ0) is 14.0. The fraction of sp³-hybridized carbons (Fsp3) is 0.300. The van der Waals surface area contributed by atoms with Crippen LogP contribution in [0, 0.1) is 6.92 Å². The Kier molecular flexibility index (Phi) is 3.90. The van der Waals surface area contributed by atoms with E-state index in [4.69, 9.17) is 9.52 Å². The maximum absolute atomic E-state index is 12.0. The van der Waals surface area contributed by atoms with Crippen LogP contribution in [0.4, 0.5) is 0 Å². The number of furan rings is 1. The molecule has 0 spiro atoms. The maximum Gasteiger partial charge on any atom is 0.304 e. The monoisotopic (exact) mass is 304 g/mol. The Bertz CT molecular complexity index is 725. The zero-order valence-corrected chi connectivity index (χ0v) is 11.6. The first kappa shape index (κ1) is 14.0. The molecular formula is C10H12N2O5S2. The van der Waals surface area contributed by atoms with E-state index in [9.17, 15) is 13.2 Å². The molecule has 2 aromatic rings. The number of aliphatic hydroxyl groups is 1. The Morgan fingerprint density at radius 2 is 2.26 bits per heavy atom. The summed E-state index contributed by atoms with van der Waals surface area (Å²) >= 11 is 0.964. The lowest BCUT2D eigenvalue weighted by molar-refractivity contribution is 0.244. The molecule has 0 fully saturated rings. The van der Waals surface area contributed by atoms with Crippen LogP contribution >= 0.6 is 11.3 Å². The van der Waals surface area contributed by atoms with E-state index < -0.39 is 10.0 Å². The van der Waals surface area contributed by atoms with E-state index in [1.807, 2.05) is 0 Å². The highest BCUT2D eigenvalue weighted by molar-refractivity contribution is 7.89. The standard InChI is InChI=1S/C10H12N2O5S2/c1-6-9(2-8(4-13)17-6)19(15,16)11-3-7-5-18-10(14)12-7/h2,5,11,13H,3-4H2,1H3,(H,12,14). The van der Waals surface area contributed by atoms with Crippen molar-refractivity contribution in [1.29, 1.82) is 0 Å². The Labute approximate surface area is 113 Å². The maximum atomic E-state index is 12.0. The van der Waals surface area contributed by atoms with Gasteiger partial charge in [0.05, 0.1) is 6.54 Å². The first-order valence-electron chi connectivity index (χ1n) is 5.29. The van der Waals surface area contributed by atoms with Crippen molar-refractivity contribution in [3.8, 4) is 0 Å². The molecule has 0 aliphatic carbocycles. The van der Waals surface area contributed by atoms with Crippen LogP contribution in [0.3, 0.4) is 0 Å². The van der Waals surface area contributed by atoms with Crippen molar-refractivity contribution in [2.45, 2.75) is 25.0 Å². The fourth-order valence-electron chi connectivity index (χ4n) is 1.52. The molecule has 2 heterocycles. The second-order valence-electron chi connectivity index (χ2n) is 3.79. The lowest BCUT2D eigenvalue weighted by atomic mass is 10.4. The summed E-state index contributed by atoms with van der Waals surface area (Å²) < 4.78 is 31.5. The van der Waals surface area contributed by atoms with Crippen molar-refractivity contribution < 1.29 is 17.9 Å². The van der Waals surface area contributed by atoms with E-state index in [0.29, 0.717) is 5.69 Å². The molecule has 0 bridgehead atoms. The summed E-state index contributed by atoms with van der Waals surface area (Å²) in [6.45, 7) is 1.12. The molecule has 0 aliphatic rings. The Morgan fingerprint density at radius 1 is 1.53 bits per heavy atom. The molecule has 9 heteroatoms. The summed E-state index contributed by atoms with van der Waals surface area (Å²) in [5.74, 6) is 0.386. The number of hydrogen-bond donors (Lipinski definition) is 3. The summed E-state index contributed by atoms with van der Waals surface area (Å²) in [6, 6.07) is 1.27. The predicted octanol–water partition coefficient (Wildman–Crippen LogP) is 0.309. The molecule has 19 heavy (non-hydrogen) atoms. The van der Waals surface area contributed by atoms with E-state index in [-0.39, 0.29) is 34.4 Å². The Hall–Kier alpha value is -1.42. The Balaban J connectivity index is 2.18. The van der Waals surface area contributed by atoms with Crippen molar-refractivity contribution in [1.82, 2.24) is 9.71 Å². The van der Waals surface area contributed by atoms with Gasteiger partial charge in [-0.1, -0.05) is 11.3 Å². The van der Waals surface area contributed by atoms with Gasteiger partial charge in [0.15, 0.2) is 0 Å². The summed E-state index contributed by atoms with van der Waals surface area (Å²) in [6.07, 6.45) is 0. The third-order valence-corrected chi connectivity index (χ3v) is 4.62. The molecule has 0 amide bonds. The lowest BCUT2D eigenvalue weighted by Crippen LogP contribution is -2.23. The molecule has 2 aromatic heterocycles. The second-order valence-corrected chi connectivity index (χ2v) is 6.37. The number of aliphatic hydroxyl groups excluding tert-OH is 1. The average molecular weight is 304 g/mol. The molecule has 0 radical (unpaired) electrons. The Morgan fingerprint density at radius 3 is 2.79 bits per heavy atom. The quantitative estimate of drug-likeness (QED) is 0.736. The number of aromatic amines is 1. The van der Waals surface area contributed by atoms with Crippen LogP contribution in [-0.4, -0.2) is 18.5 Å². The number of sulfonamides is 1. The minimum absolute atomic E-state index is 0.0137. The molecular weight excluding hydrogens is 292 g/mol. The van der Waals surface area contributed by atoms with Crippen LogP contribution < -0.4 is 9.60 Å². The number of aryl methyl sites for hydroxylation is 1. The van der Waals surface area contributed by atoms with Gasteiger partial charge in [0.25, 0.3) is 0 Å². The van der Waals surface area contributed by atoms with Crippen molar-refractivity contribution >= 4 is 21.4 Å². The second kappa shape index (κ2) is 5.29. The van der Waals surface area contributed by atoms with Gasteiger partial charge in [-0.3, -0.25) is 4.79 Å². The average Bonchev–Trinajstić information content (AvgIpc) is 2.93. The van der Waals surface area contributed by atoms with Gasteiger partial charge >= 0.3 is 4.87 Å². The highest BCUT2D eigenvalue weighted by Gasteiger charge is 2.21. The van der Waals surface area contributed by atoms with Crippen LogP contribution in [0.2, 0.25) is 0 Å². The largest absolute Gasteiger partial charge is 0.462 e. The molecule has 104 valence electrons. The van der Waals surface area contributed by atoms with Crippen LogP contribution in [0.1, 0.15) is 17.2 Å². The van der Waals surface area contributed by atoms with Gasteiger partial charge in [0, 0.05) is 17.1 Å². The number of rotatable bonds is 5. The number of H-pyrrole nitrogens is 1. The molecule has 0 aromatic carbocycles. The van der Waals surface area contributed by atoms with Crippen LogP contribution in [0.15, 0.2) is 25.6 Å². The topological polar surface area (TPSA) is 112 Å².